The van der Waals surface area contributed by atoms with Gasteiger partial charge >= 0.3 is 0 Å². The van der Waals surface area contributed by atoms with E-state index in [1.54, 1.807) is 14.2 Å². The van der Waals surface area contributed by atoms with Crippen LogP contribution in [-0.4, -0.2) is 50.3 Å². The number of amides is 1. The lowest BCUT2D eigenvalue weighted by atomic mass is 9.98. The quantitative estimate of drug-likeness (QED) is 0.842. The molecule has 1 aliphatic carbocycles. The standard InChI is InChI=1S/C20H30N2O4/c1-24-17-7-4-8-18(25-2)20(17)26-15-9-11-22(12-10-15)19(23)13-14-5-3-6-16(14)21/h4,7-8,14-16H,3,5-6,9-13,21H2,1-2H3/t14-,16+/m0/s1. The molecular formula is C20H30N2O4. The predicted octanol–water partition coefficient (Wildman–Crippen LogP) is 2.59. The fraction of sp³-hybridized carbons (Fsp3) is 0.650. The Morgan fingerprint density at radius 1 is 1.12 bits per heavy atom. The Morgan fingerprint density at radius 3 is 2.31 bits per heavy atom. The second-order valence-corrected chi connectivity index (χ2v) is 7.25. The Labute approximate surface area is 155 Å². The predicted molar refractivity (Wildman–Crippen MR) is 99.7 cm³/mol. The number of para-hydroxylation sites is 1. The van der Waals surface area contributed by atoms with Crippen molar-refractivity contribution >= 4 is 5.91 Å². The van der Waals surface area contributed by atoms with Gasteiger partial charge in [-0.25, -0.2) is 0 Å². The Balaban J connectivity index is 1.53. The highest BCUT2D eigenvalue weighted by molar-refractivity contribution is 5.76. The van der Waals surface area contributed by atoms with Gasteiger partial charge in [0.15, 0.2) is 11.5 Å². The summed E-state index contributed by atoms with van der Waals surface area (Å²) in [6.07, 6.45) is 5.54. The first-order chi connectivity index (χ1) is 12.6. The highest BCUT2D eigenvalue weighted by atomic mass is 16.5. The molecule has 144 valence electrons. The fourth-order valence-corrected chi connectivity index (χ4v) is 4.00. The molecule has 3 rings (SSSR count). The van der Waals surface area contributed by atoms with E-state index in [1.165, 1.54) is 0 Å². The van der Waals surface area contributed by atoms with Crippen LogP contribution in [0.2, 0.25) is 0 Å². The SMILES string of the molecule is COc1cccc(OC)c1OC1CCN(C(=O)C[C@@H]2CCC[C@H]2N)CC1. The lowest BCUT2D eigenvalue weighted by Gasteiger charge is -2.33. The van der Waals surface area contributed by atoms with E-state index in [-0.39, 0.29) is 18.1 Å². The molecule has 2 fully saturated rings. The molecule has 1 saturated heterocycles. The molecule has 1 amide bonds. The van der Waals surface area contributed by atoms with Crippen LogP contribution in [0.4, 0.5) is 0 Å². The van der Waals surface area contributed by atoms with Crippen molar-refractivity contribution in [2.45, 2.75) is 50.7 Å². The van der Waals surface area contributed by atoms with Crippen molar-refractivity contribution in [1.29, 1.82) is 0 Å². The van der Waals surface area contributed by atoms with Gasteiger partial charge in [-0.15, -0.1) is 0 Å². The number of rotatable bonds is 6. The maximum absolute atomic E-state index is 12.6. The number of carbonyl (C=O) groups is 1. The molecule has 26 heavy (non-hydrogen) atoms. The van der Waals surface area contributed by atoms with Crippen LogP contribution in [0.15, 0.2) is 18.2 Å². The van der Waals surface area contributed by atoms with E-state index in [0.717, 1.165) is 45.2 Å². The van der Waals surface area contributed by atoms with Crippen LogP contribution in [0, 0.1) is 5.92 Å². The number of ether oxygens (including phenoxy) is 3. The molecule has 0 bridgehead atoms. The third-order valence-corrected chi connectivity index (χ3v) is 5.62. The molecule has 6 nitrogen and oxygen atoms in total. The zero-order valence-corrected chi connectivity index (χ0v) is 15.8. The largest absolute Gasteiger partial charge is 0.493 e. The summed E-state index contributed by atoms with van der Waals surface area (Å²) in [4.78, 5) is 14.5. The van der Waals surface area contributed by atoms with Gasteiger partial charge in [-0.05, 0) is 30.9 Å². The van der Waals surface area contributed by atoms with Gasteiger partial charge in [-0.1, -0.05) is 12.5 Å². The molecule has 1 saturated carbocycles. The summed E-state index contributed by atoms with van der Waals surface area (Å²) in [5.74, 6) is 2.56. The van der Waals surface area contributed by atoms with Gasteiger partial charge in [0.25, 0.3) is 0 Å². The number of likely N-dealkylation sites (tertiary alicyclic amines) is 1. The number of carbonyl (C=O) groups excluding carboxylic acids is 1. The molecule has 1 aliphatic heterocycles. The molecule has 0 spiro atoms. The minimum atomic E-state index is 0.0537. The second kappa shape index (κ2) is 8.62. The van der Waals surface area contributed by atoms with Gasteiger partial charge in [0, 0.05) is 38.4 Å². The van der Waals surface area contributed by atoms with Crippen LogP contribution in [0.5, 0.6) is 17.2 Å². The average Bonchev–Trinajstić information content (AvgIpc) is 3.07. The molecule has 2 aliphatic rings. The lowest BCUT2D eigenvalue weighted by molar-refractivity contribution is -0.134. The molecule has 2 N–H and O–H groups in total. The highest BCUT2D eigenvalue weighted by Crippen LogP contribution is 2.38. The number of nitrogens with zero attached hydrogens (tertiary/aromatic N) is 1. The Hall–Kier alpha value is -1.95. The first kappa shape index (κ1) is 18.8. The third kappa shape index (κ3) is 4.23. The van der Waals surface area contributed by atoms with Crippen molar-refractivity contribution in [3.63, 3.8) is 0 Å². The topological polar surface area (TPSA) is 74.0 Å². The summed E-state index contributed by atoms with van der Waals surface area (Å²) < 4.78 is 17.0. The molecule has 0 aromatic heterocycles. The third-order valence-electron chi connectivity index (χ3n) is 5.62. The van der Waals surface area contributed by atoms with Crippen LogP contribution in [0.25, 0.3) is 0 Å². The monoisotopic (exact) mass is 362 g/mol. The van der Waals surface area contributed by atoms with Crippen molar-refractivity contribution < 1.29 is 19.0 Å². The van der Waals surface area contributed by atoms with Crippen LogP contribution < -0.4 is 19.9 Å². The van der Waals surface area contributed by atoms with Gasteiger partial charge in [-0.2, -0.15) is 0 Å². The number of benzene rings is 1. The highest BCUT2D eigenvalue weighted by Gasteiger charge is 2.30. The molecule has 1 aromatic carbocycles. The van der Waals surface area contributed by atoms with Crippen LogP contribution >= 0.6 is 0 Å². The van der Waals surface area contributed by atoms with Crippen LogP contribution in [0.1, 0.15) is 38.5 Å². The van der Waals surface area contributed by atoms with E-state index >= 15 is 0 Å². The summed E-state index contributed by atoms with van der Waals surface area (Å²) in [5, 5.41) is 0. The second-order valence-electron chi connectivity index (χ2n) is 7.25. The van der Waals surface area contributed by atoms with E-state index in [2.05, 4.69) is 0 Å². The molecule has 2 atom stereocenters. The van der Waals surface area contributed by atoms with Gasteiger partial charge in [-0.3, -0.25) is 4.79 Å². The fourth-order valence-electron chi connectivity index (χ4n) is 4.00. The maximum atomic E-state index is 12.6. The number of hydrogen-bond donors (Lipinski definition) is 1. The Bertz CT molecular complexity index is 592. The Kier molecular flexibility index (Phi) is 6.25. The molecular weight excluding hydrogens is 332 g/mol. The molecule has 6 heteroatoms. The maximum Gasteiger partial charge on any atom is 0.222 e. The smallest absolute Gasteiger partial charge is 0.222 e. The van der Waals surface area contributed by atoms with E-state index in [4.69, 9.17) is 19.9 Å². The zero-order valence-electron chi connectivity index (χ0n) is 15.8. The summed E-state index contributed by atoms with van der Waals surface area (Å²) in [6, 6.07) is 5.79. The molecule has 0 radical (unpaired) electrons. The van der Waals surface area contributed by atoms with Gasteiger partial charge in [0.2, 0.25) is 11.7 Å². The van der Waals surface area contributed by atoms with Gasteiger partial charge < -0.3 is 24.8 Å². The van der Waals surface area contributed by atoms with Crippen molar-refractivity contribution in [2.75, 3.05) is 27.3 Å². The number of piperidine rings is 1. The minimum absolute atomic E-state index is 0.0537. The van der Waals surface area contributed by atoms with Crippen molar-refractivity contribution in [2.24, 2.45) is 11.7 Å². The van der Waals surface area contributed by atoms with Crippen molar-refractivity contribution in [3.8, 4) is 17.2 Å². The summed E-state index contributed by atoms with van der Waals surface area (Å²) >= 11 is 0. The molecule has 1 heterocycles. The minimum Gasteiger partial charge on any atom is -0.493 e. The van der Waals surface area contributed by atoms with Gasteiger partial charge in [0.05, 0.1) is 14.2 Å². The van der Waals surface area contributed by atoms with Crippen molar-refractivity contribution in [3.05, 3.63) is 18.2 Å². The Morgan fingerprint density at radius 2 is 1.77 bits per heavy atom. The van der Waals surface area contributed by atoms with Crippen molar-refractivity contribution in [1.82, 2.24) is 4.90 Å². The number of methoxy groups -OCH3 is 2. The lowest BCUT2D eigenvalue weighted by Crippen LogP contribution is -2.43. The van der Waals surface area contributed by atoms with Crippen LogP contribution in [0.3, 0.4) is 0 Å². The van der Waals surface area contributed by atoms with E-state index < -0.39 is 0 Å². The first-order valence-corrected chi connectivity index (χ1v) is 9.53. The zero-order chi connectivity index (χ0) is 18.5. The summed E-state index contributed by atoms with van der Waals surface area (Å²) in [6.45, 7) is 1.45. The average molecular weight is 362 g/mol. The van der Waals surface area contributed by atoms with Crippen LogP contribution in [-0.2, 0) is 4.79 Å². The van der Waals surface area contributed by atoms with Gasteiger partial charge in [0.1, 0.15) is 6.10 Å². The molecule has 0 unspecified atom stereocenters. The normalized spacial score (nSPS) is 23.7. The van der Waals surface area contributed by atoms with E-state index in [9.17, 15) is 4.79 Å². The summed E-state index contributed by atoms with van der Waals surface area (Å²) in [5.41, 5.74) is 6.11. The number of nitrogens with two attached hydrogens (primary N) is 1. The first-order valence-electron chi connectivity index (χ1n) is 9.53. The molecule has 1 aromatic rings. The van der Waals surface area contributed by atoms with E-state index in [0.29, 0.717) is 29.6 Å². The summed E-state index contributed by atoms with van der Waals surface area (Å²) in [7, 11) is 3.24. The van der Waals surface area contributed by atoms with E-state index in [1.807, 2.05) is 23.1 Å². The number of hydrogen-bond acceptors (Lipinski definition) is 5.